The van der Waals surface area contributed by atoms with Crippen LogP contribution in [-0.4, -0.2) is 23.2 Å². The van der Waals surface area contributed by atoms with E-state index in [4.69, 9.17) is 5.73 Å². The molecule has 0 aliphatic carbocycles. The molecule has 0 radical (unpaired) electrons. The third-order valence-corrected chi connectivity index (χ3v) is 5.08. The van der Waals surface area contributed by atoms with Gasteiger partial charge in [0.15, 0.2) is 5.82 Å². The maximum atomic E-state index is 5.89. The Hall–Kier alpha value is -0.420. The summed E-state index contributed by atoms with van der Waals surface area (Å²) in [5.74, 6) is 1.46. The third kappa shape index (κ3) is 2.15. The fourth-order valence-corrected chi connectivity index (χ4v) is 4.02. The quantitative estimate of drug-likeness (QED) is 0.827. The highest BCUT2D eigenvalue weighted by molar-refractivity contribution is 7.99. The van der Waals surface area contributed by atoms with E-state index in [1.165, 1.54) is 17.8 Å². The Morgan fingerprint density at radius 3 is 2.88 bits per heavy atom. The van der Waals surface area contributed by atoms with Crippen LogP contribution in [0.4, 0.5) is 10.8 Å². The predicted octanol–water partition coefficient (Wildman–Crippen LogP) is 3.07. The van der Waals surface area contributed by atoms with Crippen molar-refractivity contribution in [3.8, 4) is 0 Å². The first-order valence-electron chi connectivity index (χ1n) is 5.69. The van der Waals surface area contributed by atoms with Crippen molar-refractivity contribution >= 4 is 34.1 Å². The van der Waals surface area contributed by atoms with Gasteiger partial charge in [-0.1, -0.05) is 6.92 Å². The fourth-order valence-electron chi connectivity index (χ4n) is 2.23. The third-order valence-electron chi connectivity index (χ3n) is 3.24. The molecule has 1 aromatic heterocycles. The van der Waals surface area contributed by atoms with Gasteiger partial charge in [-0.3, -0.25) is 0 Å². The molecule has 1 fully saturated rings. The summed E-state index contributed by atoms with van der Waals surface area (Å²) in [6.07, 6.45) is 4.68. The van der Waals surface area contributed by atoms with Crippen LogP contribution in [0.5, 0.6) is 0 Å². The van der Waals surface area contributed by atoms with Crippen LogP contribution in [0.25, 0.3) is 0 Å². The van der Waals surface area contributed by atoms with E-state index in [1.807, 2.05) is 0 Å². The molecular weight excluding hydrogens is 238 g/mol. The first-order chi connectivity index (χ1) is 7.63. The van der Waals surface area contributed by atoms with Crippen LogP contribution in [0, 0.1) is 5.92 Å². The van der Waals surface area contributed by atoms with E-state index in [2.05, 4.69) is 29.4 Å². The number of nitrogen functional groups attached to an aromatic ring is 1. The van der Waals surface area contributed by atoms with Gasteiger partial charge in [-0.15, -0.1) is 11.8 Å². The Morgan fingerprint density at radius 1 is 1.44 bits per heavy atom. The molecule has 2 N–H and O–H groups in total. The van der Waals surface area contributed by atoms with Crippen molar-refractivity contribution in [2.75, 3.05) is 23.4 Å². The van der Waals surface area contributed by atoms with Gasteiger partial charge in [-0.05, 0) is 43.5 Å². The largest absolute Gasteiger partial charge is 0.382 e. The van der Waals surface area contributed by atoms with E-state index in [0.29, 0.717) is 11.9 Å². The molecule has 2 heterocycles. The van der Waals surface area contributed by atoms with Gasteiger partial charge in [0.2, 0.25) is 0 Å². The fraction of sp³-hybridized carbons (Fsp3) is 0.727. The second kappa shape index (κ2) is 4.84. The highest BCUT2D eigenvalue weighted by Gasteiger charge is 2.27. The zero-order chi connectivity index (χ0) is 11.7. The van der Waals surface area contributed by atoms with Gasteiger partial charge in [-0.25, -0.2) is 0 Å². The van der Waals surface area contributed by atoms with E-state index < -0.39 is 0 Å². The Morgan fingerprint density at radius 2 is 2.19 bits per heavy atom. The second-order valence-corrected chi connectivity index (χ2v) is 6.16. The van der Waals surface area contributed by atoms with Crippen LogP contribution in [0.15, 0.2) is 4.90 Å². The second-order valence-electron chi connectivity index (χ2n) is 4.59. The Bertz CT molecular complexity index is 364. The van der Waals surface area contributed by atoms with Gasteiger partial charge in [-0.2, -0.15) is 4.37 Å². The molecule has 16 heavy (non-hydrogen) atoms. The molecule has 1 aliphatic heterocycles. The summed E-state index contributed by atoms with van der Waals surface area (Å²) < 4.78 is 4.28. The number of anilines is 2. The monoisotopic (exact) mass is 257 g/mol. The van der Waals surface area contributed by atoms with Crippen molar-refractivity contribution in [1.82, 2.24) is 4.37 Å². The molecule has 2 atom stereocenters. The van der Waals surface area contributed by atoms with E-state index in [0.717, 1.165) is 17.4 Å². The summed E-state index contributed by atoms with van der Waals surface area (Å²) in [5.41, 5.74) is 5.89. The molecule has 0 aromatic carbocycles. The smallest absolute Gasteiger partial charge is 0.153 e. The van der Waals surface area contributed by atoms with Crippen molar-refractivity contribution in [2.24, 2.45) is 5.92 Å². The van der Waals surface area contributed by atoms with E-state index >= 15 is 0 Å². The lowest BCUT2D eigenvalue weighted by Crippen LogP contribution is -2.40. The first kappa shape index (κ1) is 12.0. The summed E-state index contributed by atoms with van der Waals surface area (Å²) in [5, 5.41) is 1.27. The molecule has 0 bridgehead atoms. The van der Waals surface area contributed by atoms with Gasteiger partial charge < -0.3 is 10.6 Å². The molecule has 5 heteroatoms. The summed E-state index contributed by atoms with van der Waals surface area (Å²) in [4.78, 5) is 3.64. The first-order valence-corrected chi connectivity index (χ1v) is 7.69. The maximum Gasteiger partial charge on any atom is 0.153 e. The molecule has 0 amide bonds. The van der Waals surface area contributed by atoms with Gasteiger partial charge in [0, 0.05) is 12.6 Å². The lowest BCUT2D eigenvalue weighted by molar-refractivity contribution is 0.391. The van der Waals surface area contributed by atoms with Crippen LogP contribution < -0.4 is 10.6 Å². The van der Waals surface area contributed by atoms with Crippen LogP contribution in [0.1, 0.15) is 26.7 Å². The average molecular weight is 257 g/mol. The topological polar surface area (TPSA) is 42.1 Å². The summed E-state index contributed by atoms with van der Waals surface area (Å²) in [7, 11) is 0. The number of nitrogens with zero attached hydrogens (tertiary/aromatic N) is 2. The van der Waals surface area contributed by atoms with E-state index in [9.17, 15) is 0 Å². The Balaban J connectivity index is 2.27. The number of hydrogen-bond acceptors (Lipinski definition) is 5. The predicted molar refractivity (Wildman–Crippen MR) is 73.5 cm³/mol. The van der Waals surface area contributed by atoms with E-state index in [1.54, 1.807) is 23.3 Å². The zero-order valence-electron chi connectivity index (χ0n) is 10.1. The zero-order valence-corrected chi connectivity index (χ0v) is 11.7. The summed E-state index contributed by atoms with van der Waals surface area (Å²) >= 11 is 3.25. The molecule has 0 saturated carbocycles. The molecule has 0 spiro atoms. The molecular formula is C11H19N3S2. The van der Waals surface area contributed by atoms with Crippen molar-refractivity contribution in [3.05, 3.63) is 0 Å². The molecule has 90 valence electrons. The lowest BCUT2D eigenvalue weighted by Gasteiger charge is -2.37. The van der Waals surface area contributed by atoms with Gasteiger partial charge >= 0.3 is 0 Å². The number of piperidine rings is 1. The number of nitrogens with two attached hydrogens (primary N) is 1. The minimum atomic E-state index is 0.613. The van der Waals surface area contributed by atoms with Crippen molar-refractivity contribution in [2.45, 2.75) is 37.6 Å². The average Bonchev–Trinajstić information content (AvgIpc) is 2.63. The summed E-state index contributed by atoms with van der Waals surface area (Å²) in [6.45, 7) is 5.75. The number of thioether (sulfide) groups is 1. The van der Waals surface area contributed by atoms with Crippen LogP contribution in [0.2, 0.25) is 0 Å². The molecule has 1 aliphatic rings. The molecule has 2 rings (SSSR count). The minimum Gasteiger partial charge on any atom is -0.382 e. The highest BCUT2D eigenvalue weighted by Crippen LogP contribution is 2.40. The molecule has 2 unspecified atom stereocenters. The normalized spacial score (nSPS) is 26.1. The number of hydrogen-bond donors (Lipinski definition) is 1. The molecule has 3 nitrogen and oxygen atoms in total. The van der Waals surface area contributed by atoms with Crippen molar-refractivity contribution in [1.29, 1.82) is 0 Å². The van der Waals surface area contributed by atoms with Crippen molar-refractivity contribution < 1.29 is 0 Å². The Labute approximate surface area is 106 Å². The number of rotatable bonds is 2. The maximum absolute atomic E-state index is 5.89. The molecule has 1 aromatic rings. The summed E-state index contributed by atoms with van der Waals surface area (Å²) in [6, 6.07) is 0.613. The minimum absolute atomic E-state index is 0.613. The molecule has 1 saturated heterocycles. The lowest BCUT2D eigenvalue weighted by atomic mass is 9.95. The van der Waals surface area contributed by atoms with Crippen LogP contribution >= 0.6 is 23.3 Å². The van der Waals surface area contributed by atoms with E-state index in [-0.39, 0.29) is 0 Å². The van der Waals surface area contributed by atoms with Gasteiger partial charge in [0.25, 0.3) is 0 Å². The van der Waals surface area contributed by atoms with Crippen LogP contribution in [-0.2, 0) is 0 Å². The van der Waals surface area contributed by atoms with Gasteiger partial charge in [0.05, 0.1) is 4.90 Å². The Kier molecular flexibility index (Phi) is 3.64. The highest BCUT2D eigenvalue weighted by atomic mass is 32.2. The SMILES string of the molecule is CSc1c(N)nsc1N1CC(C)CCC1C. The standard InChI is InChI=1S/C11H19N3S2/c1-7-4-5-8(2)14(6-7)11-9(15-3)10(12)13-16-11/h7-8H,4-6H2,1-3H3,(H2,12,13). The number of aromatic nitrogens is 1. The van der Waals surface area contributed by atoms with Crippen molar-refractivity contribution in [3.63, 3.8) is 0 Å². The van der Waals surface area contributed by atoms with Gasteiger partial charge in [0.1, 0.15) is 5.00 Å². The van der Waals surface area contributed by atoms with Crippen LogP contribution in [0.3, 0.4) is 0 Å².